The molecule has 0 aromatic carbocycles. The summed E-state index contributed by atoms with van der Waals surface area (Å²) in [7, 11) is 0. The molecule has 0 atom stereocenters. The van der Waals surface area contributed by atoms with Crippen molar-refractivity contribution in [2.45, 2.75) is 20.4 Å². The molecule has 0 radical (unpaired) electrons. The molecule has 14 heavy (non-hydrogen) atoms. The van der Waals surface area contributed by atoms with E-state index in [1.807, 2.05) is 19.9 Å². The number of nitrogens with zero attached hydrogens (tertiary/aromatic N) is 3. The van der Waals surface area contributed by atoms with Crippen LogP contribution < -0.4 is 5.73 Å². The summed E-state index contributed by atoms with van der Waals surface area (Å²) < 4.78 is 2.56. The molecule has 0 aliphatic carbocycles. The van der Waals surface area contributed by atoms with E-state index in [9.17, 15) is 0 Å². The molecule has 2 heterocycles. The van der Waals surface area contributed by atoms with Gasteiger partial charge in [-0.15, -0.1) is 0 Å². The third-order valence-corrected chi connectivity index (χ3v) is 2.60. The molecule has 0 spiro atoms. The van der Waals surface area contributed by atoms with E-state index in [0.29, 0.717) is 5.82 Å². The number of hydrogen-bond donors (Lipinski definition) is 1. The van der Waals surface area contributed by atoms with Crippen LogP contribution in [0.15, 0.2) is 10.7 Å². The van der Waals surface area contributed by atoms with Crippen molar-refractivity contribution in [3.8, 4) is 0 Å². The van der Waals surface area contributed by atoms with Crippen LogP contribution in [0.2, 0.25) is 0 Å². The number of anilines is 1. The van der Waals surface area contributed by atoms with Gasteiger partial charge in [-0.3, -0.25) is 0 Å². The second-order valence-corrected chi connectivity index (χ2v) is 3.97. The van der Waals surface area contributed by atoms with Crippen LogP contribution in [0, 0.1) is 6.92 Å². The molecule has 0 aliphatic heterocycles. The van der Waals surface area contributed by atoms with Crippen molar-refractivity contribution >= 4 is 32.8 Å². The van der Waals surface area contributed by atoms with Crippen LogP contribution in [0.4, 0.5) is 5.82 Å². The van der Waals surface area contributed by atoms with Gasteiger partial charge in [0.2, 0.25) is 0 Å². The molecule has 2 N–H and O–H groups in total. The zero-order chi connectivity index (χ0) is 10.3. The van der Waals surface area contributed by atoms with Crippen molar-refractivity contribution < 1.29 is 0 Å². The van der Waals surface area contributed by atoms with Crippen molar-refractivity contribution in [1.82, 2.24) is 14.8 Å². The van der Waals surface area contributed by atoms with Gasteiger partial charge in [-0.1, -0.05) is 0 Å². The van der Waals surface area contributed by atoms with Crippen LogP contribution in [0.5, 0.6) is 0 Å². The smallest absolute Gasteiger partial charge is 0.148 e. The summed E-state index contributed by atoms with van der Waals surface area (Å²) in [6, 6.07) is 1.94. The van der Waals surface area contributed by atoms with E-state index in [2.05, 4.69) is 26.0 Å². The number of nitrogen functional groups attached to an aromatic ring is 1. The van der Waals surface area contributed by atoms with Gasteiger partial charge in [0, 0.05) is 6.54 Å². The second kappa shape index (κ2) is 3.24. The standard InChI is InChI=1S/C9H11BrN4/c1-3-14-9(11)8-7(13-14)5(2)4-6(10)12-8/h4H,3,11H2,1-2H3. The van der Waals surface area contributed by atoms with Crippen molar-refractivity contribution in [2.75, 3.05) is 5.73 Å². The van der Waals surface area contributed by atoms with E-state index in [1.54, 1.807) is 4.68 Å². The highest BCUT2D eigenvalue weighted by Gasteiger charge is 2.11. The Kier molecular flexibility index (Phi) is 2.19. The molecule has 2 aromatic rings. The third kappa shape index (κ3) is 1.28. The minimum atomic E-state index is 0.631. The highest BCUT2D eigenvalue weighted by atomic mass is 79.9. The van der Waals surface area contributed by atoms with Gasteiger partial charge in [-0.2, -0.15) is 5.10 Å². The zero-order valence-corrected chi connectivity index (χ0v) is 9.67. The fourth-order valence-electron chi connectivity index (χ4n) is 1.47. The van der Waals surface area contributed by atoms with Crippen LogP contribution in [0.3, 0.4) is 0 Å². The number of halogens is 1. The lowest BCUT2D eigenvalue weighted by Crippen LogP contribution is -2.01. The number of pyridine rings is 1. The van der Waals surface area contributed by atoms with Gasteiger partial charge in [0.05, 0.1) is 0 Å². The van der Waals surface area contributed by atoms with Crippen molar-refractivity contribution in [1.29, 1.82) is 0 Å². The first-order valence-electron chi connectivity index (χ1n) is 4.42. The minimum Gasteiger partial charge on any atom is -0.382 e. The highest BCUT2D eigenvalue weighted by molar-refractivity contribution is 9.10. The lowest BCUT2D eigenvalue weighted by Gasteiger charge is -1.96. The first-order chi connectivity index (χ1) is 6.63. The van der Waals surface area contributed by atoms with E-state index in [-0.39, 0.29) is 0 Å². The molecule has 0 fully saturated rings. The van der Waals surface area contributed by atoms with Gasteiger partial charge in [-0.05, 0) is 41.4 Å². The highest BCUT2D eigenvalue weighted by Crippen LogP contribution is 2.24. The van der Waals surface area contributed by atoms with Gasteiger partial charge < -0.3 is 5.73 Å². The van der Waals surface area contributed by atoms with E-state index in [4.69, 9.17) is 5.73 Å². The monoisotopic (exact) mass is 254 g/mol. The zero-order valence-electron chi connectivity index (χ0n) is 8.08. The van der Waals surface area contributed by atoms with Gasteiger partial charge in [0.1, 0.15) is 21.5 Å². The molecule has 0 saturated heterocycles. The van der Waals surface area contributed by atoms with Crippen molar-refractivity contribution in [3.63, 3.8) is 0 Å². The lowest BCUT2D eigenvalue weighted by atomic mass is 10.2. The molecule has 2 rings (SSSR count). The Balaban J connectivity index is 2.85. The average Bonchev–Trinajstić information content (AvgIpc) is 2.44. The molecular formula is C9H11BrN4. The number of nitrogens with two attached hydrogens (primary N) is 1. The summed E-state index contributed by atoms with van der Waals surface area (Å²) in [6.45, 7) is 4.77. The maximum Gasteiger partial charge on any atom is 0.148 e. The fourth-order valence-corrected chi connectivity index (χ4v) is 1.99. The number of aryl methyl sites for hydroxylation is 2. The van der Waals surface area contributed by atoms with E-state index >= 15 is 0 Å². The Hall–Kier alpha value is -1.10. The van der Waals surface area contributed by atoms with Gasteiger partial charge in [0.15, 0.2) is 0 Å². The fraction of sp³-hybridized carbons (Fsp3) is 0.333. The van der Waals surface area contributed by atoms with E-state index in [0.717, 1.165) is 27.7 Å². The van der Waals surface area contributed by atoms with Gasteiger partial charge in [0.25, 0.3) is 0 Å². The Morgan fingerprint density at radius 3 is 2.86 bits per heavy atom. The van der Waals surface area contributed by atoms with Gasteiger partial charge >= 0.3 is 0 Å². The molecule has 4 nitrogen and oxygen atoms in total. The SMILES string of the molecule is CCn1nc2c(C)cc(Br)nc2c1N. The molecule has 74 valence electrons. The number of rotatable bonds is 1. The lowest BCUT2D eigenvalue weighted by molar-refractivity contribution is 0.677. The van der Waals surface area contributed by atoms with Crippen molar-refractivity contribution in [2.24, 2.45) is 0 Å². The van der Waals surface area contributed by atoms with E-state index < -0.39 is 0 Å². The summed E-state index contributed by atoms with van der Waals surface area (Å²) in [5.74, 6) is 0.631. The minimum absolute atomic E-state index is 0.631. The Bertz CT molecular complexity index is 489. The summed E-state index contributed by atoms with van der Waals surface area (Å²) in [4.78, 5) is 4.31. The van der Waals surface area contributed by atoms with Gasteiger partial charge in [-0.25, -0.2) is 9.67 Å². The molecule has 0 saturated carbocycles. The van der Waals surface area contributed by atoms with Crippen LogP contribution in [0.25, 0.3) is 11.0 Å². The molecule has 5 heteroatoms. The van der Waals surface area contributed by atoms with Crippen molar-refractivity contribution in [3.05, 3.63) is 16.2 Å². The van der Waals surface area contributed by atoms with Crippen LogP contribution in [-0.4, -0.2) is 14.8 Å². The largest absolute Gasteiger partial charge is 0.382 e. The second-order valence-electron chi connectivity index (χ2n) is 3.16. The number of aromatic nitrogens is 3. The summed E-state index contributed by atoms with van der Waals surface area (Å²) in [5, 5.41) is 4.38. The molecular weight excluding hydrogens is 244 g/mol. The Morgan fingerprint density at radius 1 is 1.50 bits per heavy atom. The number of hydrogen-bond acceptors (Lipinski definition) is 3. The van der Waals surface area contributed by atoms with Crippen LogP contribution in [-0.2, 0) is 6.54 Å². The summed E-state index contributed by atoms with van der Waals surface area (Å²) >= 11 is 3.34. The Morgan fingerprint density at radius 2 is 2.21 bits per heavy atom. The summed E-state index contributed by atoms with van der Waals surface area (Å²) in [6.07, 6.45) is 0. The quantitative estimate of drug-likeness (QED) is 0.794. The maximum absolute atomic E-state index is 5.90. The molecule has 0 aliphatic rings. The maximum atomic E-state index is 5.90. The van der Waals surface area contributed by atoms with E-state index in [1.165, 1.54) is 0 Å². The predicted octanol–water partition coefficient (Wildman–Crippen LogP) is 2.10. The first kappa shape index (κ1) is 9.45. The molecule has 0 unspecified atom stereocenters. The molecule has 2 aromatic heterocycles. The molecule has 0 bridgehead atoms. The first-order valence-corrected chi connectivity index (χ1v) is 5.22. The van der Waals surface area contributed by atoms with Crippen LogP contribution >= 0.6 is 15.9 Å². The third-order valence-electron chi connectivity index (χ3n) is 2.19. The topological polar surface area (TPSA) is 56.7 Å². The number of fused-ring (bicyclic) bond motifs is 1. The van der Waals surface area contributed by atoms with Crippen LogP contribution in [0.1, 0.15) is 12.5 Å². The normalized spacial score (nSPS) is 11.1. The predicted molar refractivity (Wildman–Crippen MR) is 60.1 cm³/mol. The average molecular weight is 255 g/mol. The molecule has 0 amide bonds. The Labute approximate surface area is 90.2 Å². The summed E-state index contributed by atoms with van der Waals surface area (Å²) in [5.41, 5.74) is 8.65.